The molecule has 5 nitrogen and oxygen atoms in total. The molecule has 0 saturated heterocycles. The number of carbonyl (C=O) groups excluding carboxylic acids is 1. The Bertz CT molecular complexity index is 395. The summed E-state index contributed by atoms with van der Waals surface area (Å²) in [6.45, 7) is 1.39. The maximum atomic E-state index is 11.5. The van der Waals surface area contributed by atoms with E-state index in [9.17, 15) is 9.59 Å². The van der Waals surface area contributed by atoms with E-state index in [-0.39, 0.29) is 5.69 Å². The second-order valence-corrected chi connectivity index (χ2v) is 3.69. The standard InChI is InChI=1S/C9H9BrN2O3/c1-5(9(14)15)11-8(13)6-3-2-4-7(10)12-6/h2-5H,1H3,(H,11,13)(H,14,15). The summed E-state index contributed by atoms with van der Waals surface area (Å²) in [7, 11) is 0. The molecule has 0 bridgehead atoms. The lowest BCUT2D eigenvalue weighted by atomic mass is 10.3. The largest absolute Gasteiger partial charge is 0.480 e. The minimum Gasteiger partial charge on any atom is -0.480 e. The average Bonchev–Trinajstić information content (AvgIpc) is 2.17. The van der Waals surface area contributed by atoms with Crippen LogP contribution in [0.25, 0.3) is 0 Å². The molecule has 80 valence electrons. The Kier molecular flexibility index (Phi) is 3.79. The first-order valence-electron chi connectivity index (χ1n) is 4.17. The number of carbonyl (C=O) groups is 2. The Morgan fingerprint density at radius 3 is 2.73 bits per heavy atom. The molecule has 0 radical (unpaired) electrons. The summed E-state index contributed by atoms with van der Waals surface area (Å²) in [5.74, 6) is -1.59. The van der Waals surface area contributed by atoms with Crippen molar-refractivity contribution >= 4 is 27.8 Å². The first kappa shape index (κ1) is 11.6. The highest BCUT2D eigenvalue weighted by Crippen LogP contribution is 2.06. The molecule has 1 heterocycles. The number of aliphatic carboxylic acids is 1. The molecule has 0 aliphatic rings. The zero-order valence-corrected chi connectivity index (χ0v) is 9.48. The molecule has 0 spiro atoms. The lowest BCUT2D eigenvalue weighted by molar-refractivity contribution is -0.138. The molecule has 0 aliphatic carbocycles. The van der Waals surface area contributed by atoms with Gasteiger partial charge in [-0.25, -0.2) is 4.98 Å². The van der Waals surface area contributed by atoms with Gasteiger partial charge in [-0.15, -0.1) is 0 Å². The maximum absolute atomic E-state index is 11.5. The van der Waals surface area contributed by atoms with Crippen molar-refractivity contribution < 1.29 is 14.7 Å². The second kappa shape index (κ2) is 4.88. The van der Waals surface area contributed by atoms with Crippen molar-refractivity contribution in [2.24, 2.45) is 0 Å². The smallest absolute Gasteiger partial charge is 0.325 e. The van der Waals surface area contributed by atoms with Crippen molar-refractivity contribution in [3.63, 3.8) is 0 Å². The van der Waals surface area contributed by atoms with E-state index in [1.807, 2.05) is 0 Å². The van der Waals surface area contributed by atoms with Crippen LogP contribution in [0.4, 0.5) is 0 Å². The van der Waals surface area contributed by atoms with Crippen molar-refractivity contribution in [3.8, 4) is 0 Å². The third-order valence-corrected chi connectivity index (χ3v) is 2.11. The maximum Gasteiger partial charge on any atom is 0.325 e. The molecule has 2 N–H and O–H groups in total. The summed E-state index contributed by atoms with van der Waals surface area (Å²) in [5, 5.41) is 10.9. The van der Waals surface area contributed by atoms with Gasteiger partial charge in [0, 0.05) is 0 Å². The van der Waals surface area contributed by atoms with Gasteiger partial charge in [-0.05, 0) is 35.0 Å². The first-order valence-corrected chi connectivity index (χ1v) is 4.96. The van der Waals surface area contributed by atoms with Crippen LogP contribution < -0.4 is 5.32 Å². The van der Waals surface area contributed by atoms with Gasteiger partial charge in [-0.3, -0.25) is 9.59 Å². The topological polar surface area (TPSA) is 79.3 Å². The minimum absolute atomic E-state index is 0.178. The highest BCUT2D eigenvalue weighted by Gasteiger charge is 2.15. The SMILES string of the molecule is CC(NC(=O)c1cccc(Br)n1)C(=O)O. The van der Waals surface area contributed by atoms with Crippen LogP contribution in [0.5, 0.6) is 0 Å². The number of amides is 1. The molecule has 0 saturated carbocycles. The zero-order chi connectivity index (χ0) is 11.4. The number of rotatable bonds is 3. The van der Waals surface area contributed by atoms with E-state index in [1.54, 1.807) is 12.1 Å². The van der Waals surface area contributed by atoms with Gasteiger partial charge in [0.25, 0.3) is 5.91 Å². The summed E-state index contributed by atoms with van der Waals surface area (Å²) in [4.78, 5) is 25.8. The van der Waals surface area contributed by atoms with E-state index in [4.69, 9.17) is 5.11 Å². The summed E-state index contributed by atoms with van der Waals surface area (Å²) < 4.78 is 0.526. The quantitative estimate of drug-likeness (QED) is 0.807. The number of hydrogen-bond acceptors (Lipinski definition) is 3. The molecule has 1 amide bonds. The predicted molar refractivity (Wildman–Crippen MR) is 56.5 cm³/mol. The lowest BCUT2D eigenvalue weighted by Gasteiger charge is -2.08. The van der Waals surface area contributed by atoms with Crippen molar-refractivity contribution in [1.82, 2.24) is 10.3 Å². The summed E-state index contributed by atoms with van der Waals surface area (Å²) in [6, 6.07) is 3.90. The van der Waals surface area contributed by atoms with E-state index in [0.717, 1.165) is 0 Å². The fourth-order valence-electron chi connectivity index (χ4n) is 0.867. The Morgan fingerprint density at radius 1 is 1.53 bits per heavy atom. The predicted octanol–water partition coefficient (Wildman–Crippen LogP) is 1.05. The van der Waals surface area contributed by atoms with Gasteiger partial charge in [0.2, 0.25) is 0 Å². The second-order valence-electron chi connectivity index (χ2n) is 2.88. The van der Waals surface area contributed by atoms with Crippen LogP contribution in [0.1, 0.15) is 17.4 Å². The molecule has 1 aromatic heterocycles. The molecule has 1 unspecified atom stereocenters. The number of nitrogens with zero attached hydrogens (tertiary/aromatic N) is 1. The number of nitrogens with one attached hydrogen (secondary N) is 1. The van der Waals surface area contributed by atoms with Gasteiger partial charge in [0.15, 0.2) is 0 Å². The number of aromatic nitrogens is 1. The Hall–Kier alpha value is -1.43. The number of pyridine rings is 1. The summed E-state index contributed by atoms with van der Waals surface area (Å²) in [6.07, 6.45) is 0. The Morgan fingerprint density at radius 2 is 2.20 bits per heavy atom. The van der Waals surface area contributed by atoms with Crippen LogP contribution >= 0.6 is 15.9 Å². The summed E-state index contributed by atoms with van der Waals surface area (Å²) >= 11 is 3.12. The van der Waals surface area contributed by atoms with Gasteiger partial charge < -0.3 is 10.4 Å². The molecule has 0 aromatic carbocycles. The van der Waals surface area contributed by atoms with E-state index in [1.165, 1.54) is 13.0 Å². The van der Waals surface area contributed by atoms with Gasteiger partial charge >= 0.3 is 5.97 Å². The molecule has 0 aliphatic heterocycles. The fraction of sp³-hybridized carbons (Fsp3) is 0.222. The van der Waals surface area contributed by atoms with E-state index in [2.05, 4.69) is 26.2 Å². The lowest BCUT2D eigenvalue weighted by Crippen LogP contribution is -2.38. The molecule has 1 rings (SSSR count). The van der Waals surface area contributed by atoms with Crippen molar-refractivity contribution in [2.75, 3.05) is 0 Å². The van der Waals surface area contributed by atoms with Crippen molar-refractivity contribution in [2.45, 2.75) is 13.0 Å². The average molecular weight is 273 g/mol. The van der Waals surface area contributed by atoms with E-state index in [0.29, 0.717) is 4.60 Å². The fourth-order valence-corrected chi connectivity index (χ4v) is 1.21. The molecule has 6 heteroatoms. The van der Waals surface area contributed by atoms with E-state index < -0.39 is 17.9 Å². The molecule has 1 atom stereocenters. The monoisotopic (exact) mass is 272 g/mol. The van der Waals surface area contributed by atoms with Crippen LogP contribution in [-0.4, -0.2) is 28.0 Å². The molecule has 0 fully saturated rings. The van der Waals surface area contributed by atoms with Crippen LogP contribution in [0, 0.1) is 0 Å². The molecule has 1 aromatic rings. The molecular formula is C9H9BrN2O3. The van der Waals surface area contributed by atoms with Crippen molar-refractivity contribution in [1.29, 1.82) is 0 Å². The minimum atomic E-state index is -1.08. The van der Waals surface area contributed by atoms with Gasteiger partial charge in [-0.1, -0.05) is 6.07 Å². The normalized spacial score (nSPS) is 11.9. The van der Waals surface area contributed by atoms with Crippen LogP contribution in [0.3, 0.4) is 0 Å². The first-order chi connectivity index (χ1) is 7.00. The zero-order valence-electron chi connectivity index (χ0n) is 7.90. The van der Waals surface area contributed by atoms with E-state index >= 15 is 0 Å². The Balaban J connectivity index is 2.73. The van der Waals surface area contributed by atoms with Crippen LogP contribution in [-0.2, 0) is 4.79 Å². The van der Waals surface area contributed by atoms with Crippen LogP contribution in [0.2, 0.25) is 0 Å². The number of halogens is 1. The van der Waals surface area contributed by atoms with Gasteiger partial charge in [-0.2, -0.15) is 0 Å². The third kappa shape index (κ3) is 3.32. The molecular weight excluding hydrogens is 264 g/mol. The Labute approximate surface area is 94.6 Å². The van der Waals surface area contributed by atoms with Crippen molar-refractivity contribution in [3.05, 3.63) is 28.5 Å². The highest BCUT2D eigenvalue weighted by molar-refractivity contribution is 9.10. The number of carboxylic acid groups (broad SMARTS) is 1. The third-order valence-electron chi connectivity index (χ3n) is 1.67. The molecule has 15 heavy (non-hydrogen) atoms. The van der Waals surface area contributed by atoms with Gasteiger partial charge in [0.1, 0.15) is 16.3 Å². The van der Waals surface area contributed by atoms with Gasteiger partial charge in [0.05, 0.1) is 0 Å². The highest BCUT2D eigenvalue weighted by atomic mass is 79.9. The summed E-state index contributed by atoms with van der Waals surface area (Å²) in [5.41, 5.74) is 0.178. The number of hydrogen-bond donors (Lipinski definition) is 2. The number of carboxylic acids is 1. The van der Waals surface area contributed by atoms with Crippen LogP contribution in [0.15, 0.2) is 22.8 Å².